The Balaban J connectivity index is 1.36. The maximum absolute atomic E-state index is 5.43. The smallest absolute Gasteiger partial charge is 0.0493 e. The lowest BCUT2D eigenvalue weighted by Crippen LogP contribution is -2.08. The summed E-state index contributed by atoms with van der Waals surface area (Å²) in [6.45, 7) is 11.6. The summed E-state index contributed by atoms with van der Waals surface area (Å²) in [5.74, 6) is 0.605. The van der Waals surface area contributed by atoms with E-state index >= 15 is 0 Å². The first-order valence-electron chi connectivity index (χ1n) is 15.2. The molecule has 1 heteroatoms. The quantitative estimate of drug-likeness (QED) is 0.0860. The maximum Gasteiger partial charge on any atom is 0.0493 e. The second-order valence-corrected chi connectivity index (χ2v) is 11.6. The molecular formula is C38H48O. The molecular weight excluding hydrogens is 472 g/mol. The summed E-state index contributed by atoms with van der Waals surface area (Å²) in [6.07, 6.45) is 11.6. The normalized spacial score (nSPS) is 12.3. The van der Waals surface area contributed by atoms with Gasteiger partial charge >= 0.3 is 0 Å². The molecule has 206 valence electrons. The van der Waals surface area contributed by atoms with Gasteiger partial charge in [-0.05, 0) is 114 Å². The van der Waals surface area contributed by atoms with Gasteiger partial charge in [-0.2, -0.15) is 0 Å². The van der Waals surface area contributed by atoms with Gasteiger partial charge in [0.05, 0.1) is 0 Å². The number of rotatable bonds is 15. The lowest BCUT2D eigenvalue weighted by Gasteiger charge is -2.16. The third-order valence-corrected chi connectivity index (χ3v) is 8.21. The molecule has 1 nitrogen and oxygen atoms in total. The molecule has 0 aliphatic rings. The number of benzene rings is 4. The van der Waals surface area contributed by atoms with Gasteiger partial charge in [0.1, 0.15) is 0 Å². The van der Waals surface area contributed by atoms with Crippen molar-refractivity contribution >= 4 is 21.5 Å². The van der Waals surface area contributed by atoms with E-state index in [4.69, 9.17) is 4.74 Å². The molecule has 1 atom stereocenters. The topological polar surface area (TPSA) is 9.23 Å². The van der Waals surface area contributed by atoms with Crippen LogP contribution >= 0.6 is 0 Å². The van der Waals surface area contributed by atoms with E-state index in [9.17, 15) is 0 Å². The van der Waals surface area contributed by atoms with Crippen molar-refractivity contribution in [2.45, 2.75) is 85.0 Å². The van der Waals surface area contributed by atoms with Gasteiger partial charge < -0.3 is 4.74 Å². The number of hydrogen-bond acceptors (Lipinski definition) is 1. The van der Waals surface area contributed by atoms with Gasteiger partial charge in [-0.25, -0.2) is 0 Å². The van der Waals surface area contributed by atoms with E-state index in [2.05, 4.69) is 94.1 Å². The van der Waals surface area contributed by atoms with E-state index in [0.717, 1.165) is 38.7 Å². The largest absolute Gasteiger partial charge is 0.384 e. The van der Waals surface area contributed by atoms with Crippen LogP contribution < -0.4 is 0 Å². The Bertz CT molecular complexity index is 1380. The van der Waals surface area contributed by atoms with Crippen LogP contribution in [-0.2, 0) is 36.8 Å². The van der Waals surface area contributed by atoms with E-state index in [0.29, 0.717) is 5.92 Å². The standard InChI is InChI=1S/C38H48O/c1-6-10-29-15-21-37-35(25-29)19-20-36-26-31(16-22-38(36)37)14-18-34-17-13-30(24-33(34)7-2)11-8-9-12-32(27-39-5)23-28(3)4/h13,15-17,19-22,24-26,32H,3,6-12,14,18,23,27H2,1-2,4-5H3. The molecule has 1 unspecified atom stereocenters. The molecule has 0 aliphatic carbocycles. The highest BCUT2D eigenvalue weighted by atomic mass is 16.5. The summed E-state index contributed by atoms with van der Waals surface area (Å²) in [5.41, 5.74) is 8.63. The average molecular weight is 521 g/mol. The fourth-order valence-corrected chi connectivity index (χ4v) is 6.19. The summed E-state index contributed by atoms with van der Waals surface area (Å²) in [5, 5.41) is 5.44. The monoisotopic (exact) mass is 520 g/mol. The van der Waals surface area contributed by atoms with Gasteiger partial charge in [0, 0.05) is 13.7 Å². The van der Waals surface area contributed by atoms with Gasteiger partial charge in [-0.1, -0.05) is 99.0 Å². The van der Waals surface area contributed by atoms with E-state index in [1.54, 1.807) is 0 Å². The lowest BCUT2D eigenvalue weighted by molar-refractivity contribution is 0.146. The summed E-state index contributed by atoms with van der Waals surface area (Å²) in [4.78, 5) is 0. The molecule has 0 saturated heterocycles. The van der Waals surface area contributed by atoms with Crippen LogP contribution in [0.2, 0.25) is 0 Å². The van der Waals surface area contributed by atoms with Crippen molar-refractivity contribution in [1.29, 1.82) is 0 Å². The number of fused-ring (bicyclic) bond motifs is 3. The highest BCUT2D eigenvalue weighted by molar-refractivity contribution is 6.07. The maximum atomic E-state index is 5.43. The van der Waals surface area contributed by atoms with Gasteiger partial charge in [-0.15, -0.1) is 6.58 Å². The molecule has 0 aromatic heterocycles. The Morgan fingerprint density at radius 3 is 1.97 bits per heavy atom. The lowest BCUT2D eigenvalue weighted by atomic mass is 9.92. The summed E-state index contributed by atoms with van der Waals surface area (Å²) >= 11 is 0. The van der Waals surface area contributed by atoms with Crippen LogP contribution in [0.25, 0.3) is 21.5 Å². The number of hydrogen-bond donors (Lipinski definition) is 0. The van der Waals surface area contributed by atoms with Crippen LogP contribution in [0.1, 0.15) is 80.7 Å². The van der Waals surface area contributed by atoms with Gasteiger partial charge in [0.25, 0.3) is 0 Å². The van der Waals surface area contributed by atoms with Crippen LogP contribution in [0.15, 0.2) is 78.9 Å². The number of aryl methyl sites for hydroxylation is 5. The molecule has 4 rings (SSSR count). The molecule has 0 heterocycles. The Hall–Kier alpha value is -2.90. The minimum Gasteiger partial charge on any atom is -0.384 e. The van der Waals surface area contributed by atoms with Gasteiger partial charge in [-0.3, -0.25) is 0 Å². The molecule has 0 radical (unpaired) electrons. The minimum atomic E-state index is 0.605. The second kappa shape index (κ2) is 14.5. The molecule has 4 aromatic carbocycles. The first-order valence-corrected chi connectivity index (χ1v) is 15.2. The van der Waals surface area contributed by atoms with Crippen molar-refractivity contribution in [3.05, 3.63) is 107 Å². The van der Waals surface area contributed by atoms with Crippen LogP contribution in [0.3, 0.4) is 0 Å². The third-order valence-electron chi connectivity index (χ3n) is 8.21. The van der Waals surface area contributed by atoms with E-state index < -0.39 is 0 Å². The highest BCUT2D eigenvalue weighted by Gasteiger charge is 2.10. The number of methoxy groups -OCH3 is 1. The van der Waals surface area contributed by atoms with E-state index in [1.165, 1.54) is 87.0 Å². The van der Waals surface area contributed by atoms with Crippen molar-refractivity contribution in [2.24, 2.45) is 5.92 Å². The number of ether oxygens (including phenoxy) is 1. The molecule has 4 aromatic rings. The Morgan fingerprint density at radius 2 is 1.36 bits per heavy atom. The van der Waals surface area contributed by atoms with Gasteiger partial charge in [0.15, 0.2) is 0 Å². The van der Waals surface area contributed by atoms with Crippen LogP contribution in [-0.4, -0.2) is 13.7 Å². The molecule has 39 heavy (non-hydrogen) atoms. The fourth-order valence-electron chi connectivity index (χ4n) is 6.19. The zero-order valence-electron chi connectivity index (χ0n) is 24.8. The second-order valence-electron chi connectivity index (χ2n) is 11.6. The summed E-state index contributed by atoms with van der Waals surface area (Å²) in [6, 6.07) is 25.9. The Kier molecular flexibility index (Phi) is 10.8. The number of unbranched alkanes of at least 4 members (excludes halogenated alkanes) is 1. The van der Waals surface area contributed by atoms with Crippen LogP contribution in [0.4, 0.5) is 0 Å². The van der Waals surface area contributed by atoms with E-state index in [1.807, 2.05) is 7.11 Å². The number of allylic oxidation sites excluding steroid dienone is 1. The molecule has 0 amide bonds. The van der Waals surface area contributed by atoms with Crippen molar-refractivity contribution in [1.82, 2.24) is 0 Å². The SMILES string of the molecule is C=C(C)CC(CCCCc1ccc(CCc2ccc3c(ccc4cc(CCC)ccc43)c2)c(CC)c1)COC. The van der Waals surface area contributed by atoms with Gasteiger partial charge in [0.2, 0.25) is 0 Å². The van der Waals surface area contributed by atoms with Crippen molar-refractivity contribution in [3.8, 4) is 0 Å². The summed E-state index contributed by atoms with van der Waals surface area (Å²) < 4.78 is 5.43. The average Bonchev–Trinajstić information content (AvgIpc) is 2.94. The molecule has 0 spiro atoms. The first-order chi connectivity index (χ1) is 19.0. The Labute approximate surface area is 237 Å². The predicted molar refractivity (Wildman–Crippen MR) is 171 cm³/mol. The highest BCUT2D eigenvalue weighted by Crippen LogP contribution is 2.28. The molecule has 0 fully saturated rings. The molecule has 0 bridgehead atoms. The molecule has 0 N–H and O–H groups in total. The first kappa shape index (κ1) is 29.1. The fraction of sp³-hybridized carbons (Fsp3) is 0.421. The van der Waals surface area contributed by atoms with E-state index in [-0.39, 0.29) is 0 Å². The van der Waals surface area contributed by atoms with Crippen molar-refractivity contribution in [3.63, 3.8) is 0 Å². The van der Waals surface area contributed by atoms with Crippen molar-refractivity contribution in [2.75, 3.05) is 13.7 Å². The molecule has 0 saturated carbocycles. The van der Waals surface area contributed by atoms with Crippen LogP contribution in [0.5, 0.6) is 0 Å². The minimum absolute atomic E-state index is 0.605. The third kappa shape index (κ3) is 8.05. The summed E-state index contributed by atoms with van der Waals surface area (Å²) in [7, 11) is 1.81. The van der Waals surface area contributed by atoms with Crippen molar-refractivity contribution < 1.29 is 4.74 Å². The Morgan fingerprint density at radius 1 is 0.718 bits per heavy atom. The zero-order chi connectivity index (χ0) is 27.6. The zero-order valence-corrected chi connectivity index (χ0v) is 24.8. The predicted octanol–water partition coefficient (Wildman–Crippen LogP) is 10.2. The van der Waals surface area contributed by atoms with Crippen LogP contribution in [0, 0.1) is 5.92 Å². The molecule has 0 aliphatic heterocycles.